The van der Waals surface area contributed by atoms with Crippen LogP contribution < -0.4 is 0 Å². The topological polar surface area (TPSA) is 108 Å². The molecule has 2 aliphatic rings. The van der Waals surface area contributed by atoms with Gasteiger partial charge in [0.15, 0.2) is 29.8 Å². The maximum atomic E-state index is 13.7. The average Bonchev–Trinajstić information content (AvgIpc) is 3.36. The largest absolute Gasteiger partial charge is 0.387 e. The van der Waals surface area contributed by atoms with Gasteiger partial charge in [0.25, 0.3) is 5.91 Å². The van der Waals surface area contributed by atoms with Gasteiger partial charge < -0.3 is 19.3 Å². The Morgan fingerprint density at radius 1 is 1.14 bits per heavy atom. The molecule has 35 heavy (non-hydrogen) atoms. The predicted molar refractivity (Wildman–Crippen MR) is 114 cm³/mol. The molecule has 0 radical (unpaired) electrons. The average molecular weight is 488 g/mol. The minimum atomic E-state index is -1.61. The maximum absolute atomic E-state index is 13.7. The van der Waals surface area contributed by atoms with Crippen molar-refractivity contribution in [2.24, 2.45) is 4.99 Å². The number of carbonyl (C=O) groups is 1. The summed E-state index contributed by atoms with van der Waals surface area (Å²) in [5.74, 6) is -5.18. The van der Waals surface area contributed by atoms with Crippen molar-refractivity contribution in [3.05, 3.63) is 71.7 Å². The van der Waals surface area contributed by atoms with Crippen LogP contribution in [0.5, 0.6) is 0 Å². The molecule has 5 rings (SSSR count). The van der Waals surface area contributed by atoms with E-state index in [1.807, 2.05) is 18.2 Å². The number of nitrogens with zero attached hydrogens (tertiary/aromatic N) is 4. The van der Waals surface area contributed by atoms with Crippen molar-refractivity contribution in [1.29, 1.82) is 0 Å². The third-order valence-electron chi connectivity index (χ3n) is 5.94. The molecule has 0 unspecified atom stereocenters. The van der Waals surface area contributed by atoms with Gasteiger partial charge in [0.2, 0.25) is 0 Å². The zero-order chi connectivity index (χ0) is 24.7. The molecule has 0 saturated carbocycles. The second-order valence-corrected chi connectivity index (χ2v) is 8.09. The summed E-state index contributed by atoms with van der Waals surface area (Å²) in [5.41, 5.74) is 0.664. The highest BCUT2D eigenvalue weighted by Gasteiger charge is 2.52. The number of ether oxygens (including phenoxy) is 3. The fourth-order valence-electron chi connectivity index (χ4n) is 4.25. The molecule has 0 bridgehead atoms. The molecule has 1 N–H and O–H groups in total. The maximum Gasteiger partial charge on any atom is 0.276 e. The molecule has 3 aromatic rings. The first kappa shape index (κ1) is 23.3. The van der Waals surface area contributed by atoms with Crippen molar-refractivity contribution in [2.75, 3.05) is 6.61 Å². The first-order valence-electron chi connectivity index (χ1n) is 10.6. The first-order valence-corrected chi connectivity index (χ1v) is 10.6. The molecule has 3 heterocycles. The quantitative estimate of drug-likeness (QED) is 0.444. The van der Waals surface area contributed by atoms with Crippen LogP contribution in [0.3, 0.4) is 0 Å². The zero-order valence-electron chi connectivity index (χ0n) is 18.0. The van der Waals surface area contributed by atoms with E-state index < -0.39 is 60.1 Å². The van der Waals surface area contributed by atoms with Gasteiger partial charge in [-0.2, -0.15) is 0 Å². The van der Waals surface area contributed by atoms with E-state index in [0.717, 1.165) is 17.7 Å². The van der Waals surface area contributed by atoms with Crippen molar-refractivity contribution < 1.29 is 37.3 Å². The van der Waals surface area contributed by atoms with Gasteiger partial charge in [0.1, 0.15) is 30.0 Å². The zero-order valence-corrected chi connectivity index (χ0v) is 18.0. The molecule has 2 fully saturated rings. The van der Waals surface area contributed by atoms with Crippen LogP contribution in [0.4, 0.5) is 13.2 Å². The van der Waals surface area contributed by atoms with Crippen LogP contribution in [0.15, 0.2) is 53.7 Å². The van der Waals surface area contributed by atoms with Gasteiger partial charge in [-0.15, -0.1) is 5.10 Å². The SMILES string of the molecule is C=NC(=O)[C@@H]1O[C@@H]2CO[C@H](c3ccccc3)O[C@@H]2[C@H](n2cc(-c3cc(F)c(F)c(F)c3)nn2)[C@H]1O. The molecule has 2 aromatic carbocycles. The van der Waals surface area contributed by atoms with E-state index in [4.69, 9.17) is 14.2 Å². The predicted octanol–water partition coefficient (Wildman–Crippen LogP) is 2.37. The Morgan fingerprint density at radius 3 is 2.54 bits per heavy atom. The molecular weight excluding hydrogens is 469 g/mol. The van der Waals surface area contributed by atoms with Gasteiger partial charge in [-0.3, -0.25) is 4.79 Å². The lowest BCUT2D eigenvalue weighted by molar-refractivity contribution is -0.312. The summed E-state index contributed by atoms with van der Waals surface area (Å²) >= 11 is 0. The third kappa shape index (κ3) is 4.25. The molecular formula is C23H19F3N4O5. The van der Waals surface area contributed by atoms with Crippen LogP contribution in [0, 0.1) is 17.5 Å². The van der Waals surface area contributed by atoms with Crippen LogP contribution in [-0.2, 0) is 19.0 Å². The molecule has 2 aliphatic heterocycles. The summed E-state index contributed by atoms with van der Waals surface area (Å²) in [6.45, 7) is 3.23. The Bertz CT molecular complexity index is 1230. The van der Waals surface area contributed by atoms with E-state index in [1.54, 1.807) is 12.1 Å². The first-order chi connectivity index (χ1) is 16.9. The van der Waals surface area contributed by atoms with E-state index in [-0.39, 0.29) is 17.9 Å². The summed E-state index contributed by atoms with van der Waals surface area (Å²) in [5, 5.41) is 19.0. The van der Waals surface area contributed by atoms with Crippen LogP contribution >= 0.6 is 0 Å². The molecule has 12 heteroatoms. The van der Waals surface area contributed by atoms with Crippen LogP contribution in [0.25, 0.3) is 11.3 Å². The standard InChI is InChI=1S/C23H19F3N4O5/c1-27-22(32)21-19(31)18(20-16(34-21)10-33-23(35-20)11-5-3-2-4-6-11)30-9-15(28-29-30)12-7-13(24)17(26)14(25)8-12/h2-9,16,18-21,23,31H,1,10H2/t16-,18-,19-,20+,21-,23+/m1/s1. The Balaban J connectivity index is 1.51. The van der Waals surface area contributed by atoms with Crippen LogP contribution in [0.2, 0.25) is 0 Å². The number of halogens is 3. The number of amides is 1. The van der Waals surface area contributed by atoms with Crippen molar-refractivity contribution in [1.82, 2.24) is 15.0 Å². The highest BCUT2D eigenvalue weighted by Crippen LogP contribution is 2.39. The fourth-order valence-corrected chi connectivity index (χ4v) is 4.25. The fraction of sp³-hybridized carbons (Fsp3) is 0.304. The third-order valence-corrected chi connectivity index (χ3v) is 5.94. The van der Waals surface area contributed by atoms with Gasteiger partial charge in [0.05, 0.1) is 12.8 Å². The van der Waals surface area contributed by atoms with Crippen LogP contribution in [-0.4, -0.2) is 63.7 Å². The summed E-state index contributed by atoms with van der Waals surface area (Å²) in [6, 6.07) is 9.61. The number of rotatable bonds is 4. The number of aliphatic hydroxyl groups excluding tert-OH is 1. The van der Waals surface area contributed by atoms with Crippen LogP contribution in [0.1, 0.15) is 17.9 Å². The van der Waals surface area contributed by atoms with Gasteiger partial charge in [-0.1, -0.05) is 35.5 Å². The second kappa shape index (κ2) is 9.30. The van der Waals surface area contributed by atoms with Gasteiger partial charge in [0, 0.05) is 11.1 Å². The number of aliphatic imine (C=N–C) groups is 1. The summed E-state index contributed by atoms with van der Waals surface area (Å²) in [7, 11) is 0. The van der Waals surface area contributed by atoms with E-state index >= 15 is 0 Å². The molecule has 2 saturated heterocycles. The van der Waals surface area contributed by atoms with E-state index in [2.05, 4.69) is 22.0 Å². The monoisotopic (exact) mass is 488 g/mol. The number of carbonyl (C=O) groups excluding carboxylic acids is 1. The van der Waals surface area contributed by atoms with Gasteiger partial charge in [-0.05, 0) is 18.9 Å². The van der Waals surface area contributed by atoms with E-state index in [9.17, 15) is 23.1 Å². The van der Waals surface area contributed by atoms with E-state index in [1.165, 1.54) is 10.9 Å². The highest BCUT2D eigenvalue weighted by molar-refractivity contribution is 5.85. The summed E-state index contributed by atoms with van der Waals surface area (Å²) in [6.07, 6.45) is -3.99. The molecule has 1 aromatic heterocycles. The summed E-state index contributed by atoms with van der Waals surface area (Å²) in [4.78, 5) is 15.6. The van der Waals surface area contributed by atoms with Crippen molar-refractivity contribution in [3.63, 3.8) is 0 Å². The molecule has 6 atom stereocenters. The lowest BCUT2D eigenvalue weighted by Gasteiger charge is -2.47. The number of hydrogen-bond acceptors (Lipinski definition) is 7. The lowest BCUT2D eigenvalue weighted by atomic mass is 9.91. The van der Waals surface area contributed by atoms with Crippen molar-refractivity contribution in [3.8, 4) is 11.3 Å². The van der Waals surface area contributed by atoms with Crippen molar-refractivity contribution in [2.45, 2.75) is 36.7 Å². The molecule has 1 amide bonds. The number of benzene rings is 2. The Labute approximate surface area is 196 Å². The Morgan fingerprint density at radius 2 is 1.86 bits per heavy atom. The molecule has 182 valence electrons. The van der Waals surface area contributed by atoms with Gasteiger partial charge >= 0.3 is 0 Å². The molecule has 9 nitrogen and oxygen atoms in total. The normalized spacial score (nSPS) is 28.3. The smallest absolute Gasteiger partial charge is 0.276 e. The van der Waals surface area contributed by atoms with Crippen molar-refractivity contribution >= 4 is 12.6 Å². The number of aliphatic hydroxyl groups is 1. The second-order valence-electron chi connectivity index (χ2n) is 8.09. The summed E-state index contributed by atoms with van der Waals surface area (Å²) < 4.78 is 59.7. The Hall–Kier alpha value is -3.45. The highest BCUT2D eigenvalue weighted by atomic mass is 19.2. The number of aromatic nitrogens is 3. The molecule has 0 spiro atoms. The molecule has 0 aliphatic carbocycles. The number of fused-ring (bicyclic) bond motifs is 1. The lowest BCUT2D eigenvalue weighted by Crippen LogP contribution is -2.60. The minimum Gasteiger partial charge on any atom is -0.387 e. The Kier molecular flexibility index (Phi) is 6.19. The number of hydrogen-bond donors (Lipinski definition) is 1. The van der Waals surface area contributed by atoms with Gasteiger partial charge in [-0.25, -0.2) is 22.8 Å². The minimum absolute atomic E-state index is 0.00873. The van der Waals surface area contributed by atoms with E-state index in [0.29, 0.717) is 0 Å².